The minimum Gasteiger partial charge on any atom is -0.393 e. The molecule has 0 saturated carbocycles. The summed E-state index contributed by atoms with van der Waals surface area (Å²) in [6.07, 6.45) is 0.769. The van der Waals surface area contributed by atoms with Crippen molar-refractivity contribution >= 4 is 17.2 Å². The molecule has 0 fully saturated rings. The molecule has 0 aliphatic rings. The summed E-state index contributed by atoms with van der Waals surface area (Å²) >= 11 is 4.70. The van der Waals surface area contributed by atoms with Crippen molar-refractivity contribution in [1.82, 2.24) is 0 Å². The van der Waals surface area contributed by atoms with Gasteiger partial charge >= 0.3 is 0 Å². The second-order valence-corrected chi connectivity index (χ2v) is 3.08. The highest BCUT2D eigenvalue weighted by Crippen LogP contribution is 1.93. The molecule has 0 aromatic rings. The van der Waals surface area contributed by atoms with E-state index in [0.29, 0.717) is 24.6 Å². The second-order valence-electron chi connectivity index (χ2n) is 2.56. The molecule has 0 aliphatic heterocycles. The van der Waals surface area contributed by atoms with Gasteiger partial charge in [-0.1, -0.05) is 12.2 Å². The summed E-state index contributed by atoms with van der Waals surface area (Å²) in [4.78, 5) is 0.499. The summed E-state index contributed by atoms with van der Waals surface area (Å²) in [7, 11) is 0. The van der Waals surface area contributed by atoms with E-state index in [0.717, 1.165) is 6.61 Å². The highest BCUT2D eigenvalue weighted by Gasteiger charge is 2.01. The highest BCUT2D eigenvalue weighted by atomic mass is 32.1. The number of rotatable bonds is 7. The molecule has 0 amide bonds. The van der Waals surface area contributed by atoms with E-state index in [4.69, 9.17) is 27.4 Å². The third-order valence-electron chi connectivity index (χ3n) is 1.31. The molecule has 1 unspecified atom stereocenters. The molecule has 0 aromatic carbocycles. The quantitative estimate of drug-likeness (QED) is 0.612. The van der Waals surface area contributed by atoms with E-state index in [1.54, 1.807) is 0 Å². The zero-order valence-electron chi connectivity index (χ0n) is 7.71. The molecule has 0 rings (SSSR count). The van der Waals surface area contributed by atoms with Crippen LogP contribution in [0.4, 0.5) is 0 Å². The summed E-state index contributed by atoms with van der Waals surface area (Å²) in [6, 6.07) is 0. The van der Waals surface area contributed by atoms with Crippen molar-refractivity contribution in [3.05, 3.63) is 0 Å². The van der Waals surface area contributed by atoms with Crippen molar-refractivity contribution in [2.45, 2.75) is 26.4 Å². The Bertz CT molecular complexity index is 130. The third kappa shape index (κ3) is 7.91. The number of hydrogen-bond acceptors (Lipinski definition) is 3. The van der Waals surface area contributed by atoms with Crippen LogP contribution in [0.15, 0.2) is 0 Å². The first-order chi connectivity index (χ1) is 5.66. The Balaban J connectivity index is 3.19. The first kappa shape index (κ1) is 11.8. The average Bonchev–Trinajstić information content (AvgIpc) is 2.00. The molecule has 0 aliphatic carbocycles. The predicted molar refractivity (Wildman–Crippen MR) is 53.3 cm³/mol. The van der Waals surface area contributed by atoms with Gasteiger partial charge in [-0.2, -0.15) is 0 Å². The number of hydrogen-bond donors (Lipinski definition) is 1. The van der Waals surface area contributed by atoms with Gasteiger partial charge in [-0.3, -0.25) is 0 Å². The van der Waals surface area contributed by atoms with Crippen LogP contribution in [-0.4, -0.2) is 30.9 Å². The van der Waals surface area contributed by atoms with Gasteiger partial charge in [0.1, 0.15) is 0 Å². The molecule has 1 atom stereocenters. The molecule has 0 radical (unpaired) electrons. The lowest BCUT2D eigenvalue weighted by atomic mass is 10.4. The Kier molecular flexibility index (Phi) is 7.34. The van der Waals surface area contributed by atoms with Crippen LogP contribution in [-0.2, 0) is 9.47 Å². The van der Waals surface area contributed by atoms with Gasteiger partial charge in [0.05, 0.1) is 24.3 Å². The Morgan fingerprint density at radius 1 is 1.58 bits per heavy atom. The fraction of sp³-hybridized carbons (Fsp3) is 0.875. The summed E-state index contributed by atoms with van der Waals surface area (Å²) in [5, 5.41) is 0. The third-order valence-corrected chi connectivity index (χ3v) is 1.51. The second kappa shape index (κ2) is 7.46. The highest BCUT2D eigenvalue weighted by molar-refractivity contribution is 7.80. The topological polar surface area (TPSA) is 44.5 Å². The maximum Gasteiger partial charge on any atom is 0.0780 e. The summed E-state index contributed by atoms with van der Waals surface area (Å²) in [5.74, 6) is 0. The van der Waals surface area contributed by atoms with Gasteiger partial charge in [-0.15, -0.1) is 0 Å². The molecule has 3 nitrogen and oxygen atoms in total. The Morgan fingerprint density at radius 3 is 2.75 bits per heavy atom. The van der Waals surface area contributed by atoms with E-state index in [1.807, 2.05) is 13.8 Å². The Labute approximate surface area is 79.2 Å². The van der Waals surface area contributed by atoms with Crippen molar-refractivity contribution in [3.8, 4) is 0 Å². The van der Waals surface area contributed by atoms with Crippen LogP contribution < -0.4 is 5.73 Å². The number of ether oxygens (including phenoxy) is 2. The maximum atomic E-state index is 5.36. The summed E-state index contributed by atoms with van der Waals surface area (Å²) in [5.41, 5.74) is 5.30. The van der Waals surface area contributed by atoms with Crippen LogP contribution in [0.25, 0.3) is 0 Å². The minimum absolute atomic E-state index is 0.124. The molecule has 72 valence electrons. The van der Waals surface area contributed by atoms with Crippen LogP contribution in [0.5, 0.6) is 0 Å². The largest absolute Gasteiger partial charge is 0.393 e. The lowest BCUT2D eigenvalue weighted by Gasteiger charge is -2.11. The van der Waals surface area contributed by atoms with E-state index in [2.05, 4.69) is 0 Å². The van der Waals surface area contributed by atoms with E-state index < -0.39 is 0 Å². The van der Waals surface area contributed by atoms with Crippen LogP contribution in [0, 0.1) is 0 Å². The molecule has 4 heteroatoms. The van der Waals surface area contributed by atoms with Gasteiger partial charge in [0.25, 0.3) is 0 Å². The van der Waals surface area contributed by atoms with Gasteiger partial charge in [0.2, 0.25) is 0 Å². The van der Waals surface area contributed by atoms with Crippen molar-refractivity contribution in [3.63, 3.8) is 0 Å². The van der Waals surface area contributed by atoms with Crippen LogP contribution in [0.3, 0.4) is 0 Å². The van der Waals surface area contributed by atoms with E-state index in [1.165, 1.54) is 0 Å². The molecule has 12 heavy (non-hydrogen) atoms. The van der Waals surface area contributed by atoms with Gasteiger partial charge in [-0.05, 0) is 13.8 Å². The standard InChI is InChI=1S/C8H17NO2S/c1-3-10-6-7(2)11-5-4-8(9)12/h7H,3-6H2,1-2H3,(H2,9,12). The predicted octanol–water partition coefficient (Wildman–Crippen LogP) is 1.10. The first-order valence-electron chi connectivity index (χ1n) is 4.14. The molecule has 0 spiro atoms. The Hall–Kier alpha value is -0.190. The van der Waals surface area contributed by atoms with Crippen molar-refractivity contribution in [2.75, 3.05) is 19.8 Å². The molecule has 0 aromatic heterocycles. The zero-order valence-corrected chi connectivity index (χ0v) is 8.52. The zero-order chi connectivity index (χ0) is 9.40. The average molecular weight is 191 g/mol. The van der Waals surface area contributed by atoms with Gasteiger partial charge in [0.15, 0.2) is 0 Å². The maximum absolute atomic E-state index is 5.36. The van der Waals surface area contributed by atoms with Crippen LogP contribution in [0.2, 0.25) is 0 Å². The summed E-state index contributed by atoms with van der Waals surface area (Å²) in [6.45, 7) is 5.87. The minimum atomic E-state index is 0.124. The van der Waals surface area contributed by atoms with E-state index in [9.17, 15) is 0 Å². The number of thiocarbonyl (C=S) groups is 1. The number of nitrogens with two attached hydrogens (primary N) is 1. The first-order valence-corrected chi connectivity index (χ1v) is 4.55. The van der Waals surface area contributed by atoms with Gasteiger partial charge < -0.3 is 15.2 Å². The van der Waals surface area contributed by atoms with E-state index in [-0.39, 0.29) is 6.10 Å². The lowest BCUT2D eigenvalue weighted by molar-refractivity contribution is -0.000412. The van der Waals surface area contributed by atoms with Crippen LogP contribution in [0.1, 0.15) is 20.3 Å². The normalized spacial score (nSPS) is 12.8. The van der Waals surface area contributed by atoms with Gasteiger partial charge in [-0.25, -0.2) is 0 Å². The SMILES string of the molecule is CCOCC(C)OCCC(N)=S. The molecule has 0 saturated heterocycles. The fourth-order valence-corrected chi connectivity index (χ4v) is 0.776. The monoisotopic (exact) mass is 191 g/mol. The molecular formula is C8H17NO2S. The van der Waals surface area contributed by atoms with Gasteiger partial charge in [0, 0.05) is 13.0 Å². The van der Waals surface area contributed by atoms with Crippen molar-refractivity contribution in [1.29, 1.82) is 0 Å². The summed E-state index contributed by atoms with van der Waals surface area (Å²) < 4.78 is 10.5. The lowest BCUT2D eigenvalue weighted by Crippen LogP contribution is -2.19. The fourth-order valence-electron chi connectivity index (χ4n) is 0.693. The van der Waals surface area contributed by atoms with Crippen molar-refractivity contribution in [2.24, 2.45) is 5.73 Å². The molecule has 0 heterocycles. The smallest absolute Gasteiger partial charge is 0.0780 e. The Morgan fingerprint density at radius 2 is 2.25 bits per heavy atom. The molecule has 0 bridgehead atoms. The van der Waals surface area contributed by atoms with E-state index >= 15 is 0 Å². The van der Waals surface area contributed by atoms with Crippen LogP contribution >= 0.6 is 12.2 Å². The molecular weight excluding hydrogens is 174 g/mol. The van der Waals surface area contributed by atoms with Crippen molar-refractivity contribution < 1.29 is 9.47 Å². The molecule has 2 N–H and O–H groups in total.